The normalized spacial score (nSPS) is 10.6. The van der Waals surface area contributed by atoms with Crippen LogP contribution in [0.5, 0.6) is 0 Å². The van der Waals surface area contributed by atoms with Crippen molar-refractivity contribution in [2.24, 2.45) is 0 Å². The van der Waals surface area contributed by atoms with Crippen LogP contribution in [0.2, 0.25) is 5.02 Å². The Kier molecular flexibility index (Phi) is 3.19. The van der Waals surface area contributed by atoms with Crippen molar-refractivity contribution >= 4 is 46.2 Å². The van der Waals surface area contributed by atoms with Gasteiger partial charge in [-0.15, -0.1) is 0 Å². The zero-order valence-corrected chi connectivity index (χ0v) is 11.4. The average Bonchev–Trinajstić information content (AvgIpc) is 2.41. The second kappa shape index (κ2) is 4.99. The van der Waals surface area contributed by atoms with Gasteiger partial charge in [0.2, 0.25) is 0 Å². The first kappa shape index (κ1) is 12.1. The molecule has 0 aliphatic carbocycles. The van der Waals surface area contributed by atoms with Gasteiger partial charge >= 0.3 is 0 Å². The minimum absolute atomic E-state index is 0.438. The van der Waals surface area contributed by atoms with Crippen molar-refractivity contribution in [3.63, 3.8) is 0 Å². The van der Waals surface area contributed by atoms with Crippen LogP contribution in [0.15, 0.2) is 48.5 Å². The van der Waals surface area contributed by atoms with E-state index in [9.17, 15) is 0 Å². The van der Waals surface area contributed by atoms with E-state index in [1.807, 2.05) is 48.5 Å². The smallest absolute Gasteiger partial charge is 0.199 e. The van der Waals surface area contributed by atoms with Crippen LogP contribution >= 0.6 is 23.8 Å². The van der Waals surface area contributed by atoms with Gasteiger partial charge in [-0.25, -0.2) is 4.98 Å². The van der Waals surface area contributed by atoms with E-state index in [0.717, 1.165) is 16.6 Å². The lowest BCUT2D eigenvalue weighted by Crippen LogP contribution is -1.96. The van der Waals surface area contributed by atoms with Crippen molar-refractivity contribution in [2.75, 3.05) is 5.32 Å². The van der Waals surface area contributed by atoms with Crippen LogP contribution < -0.4 is 5.32 Å². The fourth-order valence-corrected chi connectivity index (χ4v) is 2.25. The summed E-state index contributed by atoms with van der Waals surface area (Å²) in [6.07, 6.45) is 0. The fourth-order valence-electron chi connectivity index (χ4n) is 1.88. The van der Waals surface area contributed by atoms with E-state index >= 15 is 0 Å². The second-order valence-electron chi connectivity index (χ2n) is 4.07. The van der Waals surface area contributed by atoms with Gasteiger partial charge in [-0.1, -0.05) is 29.8 Å². The Labute approximate surface area is 120 Å². The number of nitrogens with one attached hydrogen (secondary N) is 2. The Morgan fingerprint density at radius 3 is 2.68 bits per heavy atom. The third-order valence-electron chi connectivity index (χ3n) is 2.73. The molecule has 0 saturated heterocycles. The molecule has 0 aliphatic heterocycles. The van der Waals surface area contributed by atoms with E-state index in [1.54, 1.807) is 0 Å². The quantitative estimate of drug-likeness (QED) is 0.672. The van der Waals surface area contributed by atoms with E-state index in [2.05, 4.69) is 15.3 Å². The minimum Gasteiger partial charge on any atom is -0.340 e. The van der Waals surface area contributed by atoms with Gasteiger partial charge in [0.1, 0.15) is 5.82 Å². The zero-order chi connectivity index (χ0) is 13.2. The molecule has 1 heterocycles. The second-order valence-corrected chi connectivity index (χ2v) is 4.89. The molecule has 94 valence electrons. The first-order valence-corrected chi connectivity index (χ1v) is 6.53. The Hall–Kier alpha value is -1.91. The molecule has 0 atom stereocenters. The molecule has 0 unspecified atom stereocenters. The number of rotatable bonds is 2. The van der Waals surface area contributed by atoms with Gasteiger partial charge in [0, 0.05) is 16.1 Å². The third-order valence-corrected chi connectivity index (χ3v) is 3.16. The molecule has 0 fully saturated rings. The number of para-hydroxylation sites is 1. The van der Waals surface area contributed by atoms with E-state index in [4.69, 9.17) is 23.8 Å². The van der Waals surface area contributed by atoms with Crippen LogP contribution in [0.4, 0.5) is 11.5 Å². The molecule has 19 heavy (non-hydrogen) atoms. The number of aromatic nitrogens is 2. The highest BCUT2D eigenvalue weighted by molar-refractivity contribution is 7.71. The molecule has 1 aromatic heterocycles. The highest BCUT2D eigenvalue weighted by Crippen LogP contribution is 2.25. The van der Waals surface area contributed by atoms with Crippen LogP contribution in [0.25, 0.3) is 10.9 Å². The first-order chi connectivity index (χ1) is 9.22. The molecule has 0 bridgehead atoms. The topological polar surface area (TPSA) is 40.7 Å². The molecule has 3 aromatic rings. The van der Waals surface area contributed by atoms with E-state index < -0.39 is 0 Å². The number of aromatic amines is 1. The van der Waals surface area contributed by atoms with Gasteiger partial charge < -0.3 is 10.3 Å². The van der Waals surface area contributed by atoms with Crippen molar-refractivity contribution in [2.45, 2.75) is 0 Å². The van der Waals surface area contributed by atoms with Crippen LogP contribution in [0, 0.1) is 4.77 Å². The lowest BCUT2D eigenvalue weighted by atomic mass is 10.2. The summed E-state index contributed by atoms with van der Waals surface area (Å²) in [5, 5.41) is 4.83. The fraction of sp³-hybridized carbons (Fsp3) is 0. The highest BCUT2D eigenvalue weighted by atomic mass is 35.5. The summed E-state index contributed by atoms with van der Waals surface area (Å²) in [4.78, 5) is 7.38. The van der Waals surface area contributed by atoms with Gasteiger partial charge in [0.05, 0.1) is 5.52 Å². The van der Waals surface area contributed by atoms with Gasteiger partial charge in [-0.2, -0.15) is 0 Å². The van der Waals surface area contributed by atoms with Crippen LogP contribution in [-0.2, 0) is 0 Å². The molecule has 0 amide bonds. The number of fused-ring (bicyclic) bond motifs is 1. The first-order valence-electron chi connectivity index (χ1n) is 5.74. The third kappa shape index (κ3) is 2.59. The molecule has 3 nitrogen and oxygen atoms in total. The molecule has 0 radical (unpaired) electrons. The van der Waals surface area contributed by atoms with E-state index in [0.29, 0.717) is 15.6 Å². The Morgan fingerprint density at radius 2 is 1.89 bits per heavy atom. The van der Waals surface area contributed by atoms with Crippen molar-refractivity contribution in [1.29, 1.82) is 0 Å². The molecular weight excluding hydrogens is 278 g/mol. The van der Waals surface area contributed by atoms with Gasteiger partial charge in [-0.3, -0.25) is 0 Å². The summed E-state index contributed by atoms with van der Waals surface area (Å²) in [6, 6.07) is 15.4. The lowest BCUT2D eigenvalue weighted by Gasteiger charge is -2.09. The zero-order valence-electron chi connectivity index (χ0n) is 9.85. The van der Waals surface area contributed by atoms with Crippen LogP contribution in [0.3, 0.4) is 0 Å². The van der Waals surface area contributed by atoms with Crippen LogP contribution in [0.1, 0.15) is 0 Å². The van der Waals surface area contributed by atoms with E-state index in [1.165, 1.54) is 0 Å². The summed E-state index contributed by atoms with van der Waals surface area (Å²) < 4.78 is 0.438. The lowest BCUT2D eigenvalue weighted by molar-refractivity contribution is 1.18. The maximum absolute atomic E-state index is 6.04. The highest BCUT2D eigenvalue weighted by Gasteiger charge is 2.05. The number of benzene rings is 2. The molecule has 0 saturated carbocycles. The molecule has 2 N–H and O–H groups in total. The molecule has 2 aromatic carbocycles. The molecular formula is C14H10ClN3S. The summed E-state index contributed by atoms with van der Waals surface area (Å²) >= 11 is 11.2. The van der Waals surface area contributed by atoms with Gasteiger partial charge in [0.15, 0.2) is 4.77 Å². The SMILES string of the molecule is S=c1nc(Nc2ccccc2)c2cc(Cl)ccc2[nH]1. The Morgan fingerprint density at radius 1 is 1.11 bits per heavy atom. The van der Waals surface area contributed by atoms with Crippen LogP contribution in [-0.4, -0.2) is 9.97 Å². The summed E-state index contributed by atoms with van der Waals surface area (Å²) in [5.41, 5.74) is 1.86. The predicted octanol–water partition coefficient (Wildman–Crippen LogP) is 4.69. The number of anilines is 2. The van der Waals surface area contributed by atoms with Crippen molar-refractivity contribution in [3.8, 4) is 0 Å². The number of halogens is 1. The summed E-state index contributed by atoms with van der Waals surface area (Å²) in [7, 11) is 0. The molecule has 3 rings (SSSR count). The number of nitrogens with zero attached hydrogens (tertiary/aromatic N) is 1. The Bertz CT molecular complexity index is 784. The summed E-state index contributed by atoms with van der Waals surface area (Å²) in [6.45, 7) is 0. The standard InChI is InChI=1S/C14H10ClN3S/c15-9-6-7-12-11(8-9)13(18-14(19)17-12)16-10-4-2-1-3-5-10/h1-8H,(H2,16,17,18,19). The summed E-state index contributed by atoms with van der Waals surface area (Å²) in [5.74, 6) is 0.701. The van der Waals surface area contributed by atoms with Gasteiger partial charge in [-0.05, 0) is 42.5 Å². The van der Waals surface area contributed by atoms with E-state index in [-0.39, 0.29) is 0 Å². The number of hydrogen-bond donors (Lipinski definition) is 2. The molecule has 0 spiro atoms. The monoisotopic (exact) mass is 287 g/mol. The largest absolute Gasteiger partial charge is 0.340 e. The van der Waals surface area contributed by atoms with Crippen molar-refractivity contribution in [1.82, 2.24) is 9.97 Å². The van der Waals surface area contributed by atoms with Crippen molar-refractivity contribution < 1.29 is 0 Å². The minimum atomic E-state index is 0.438. The molecule has 5 heteroatoms. The maximum atomic E-state index is 6.04. The molecule has 0 aliphatic rings. The average molecular weight is 288 g/mol. The van der Waals surface area contributed by atoms with Crippen molar-refractivity contribution in [3.05, 3.63) is 58.3 Å². The number of hydrogen-bond acceptors (Lipinski definition) is 3. The maximum Gasteiger partial charge on any atom is 0.199 e. The van der Waals surface area contributed by atoms with Gasteiger partial charge in [0.25, 0.3) is 0 Å². The Balaban J connectivity index is 2.17. The number of H-pyrrole nitrogens is 1. The predicted molar refractivity (Wildman–Crippen MR) is 81.7 cm³/mol.